The maximum absolute atomic E-state index is 9.21. The normalized spacial score (nSPS) is 12.9. The van der Waals surface area contributed by atoms with Crippen LogP contribution in [0, 0.1) is 0 Å². The lowest BCUT2D eigenvalue weighted by molar-refractivity contribution is 0.475. The summed E-state index contributed by atoms with van der Waals surface area (Å²) in [4.78, 5) is 4.38. The maximum Gasteiger partial charge on any atom is 0.153 e. The predicted octanol–water partition coefficient (Wildman–Crippen LogP) is 1.88. The number of phenols is 1. The van der Waals surface area contributed by atoms with E-state index in [4.69, 9.17) is 5.73 Å². The maximum atomic E-state index is 9.21. The summed E-state index contributed by atoms with van der Waals surface area (Å²) in [5.41, 5.74) is 7.14. The number of hydrogen-bond donors (Lipinski definition) is 3. The zero-order valence-corrected chi connectivity index (χ0v) is 10.6. The molecule has 0 amide bonds. The highest BCUT2D eigenvalue weighted by molar-refractivity contribution is 5.26. The zero-order chi connectivity index (χ0) is 13.1. The molecule has 0 fully saturated rings. The van der Waals surface area contributed by atoms with Crippen molar-refractivity contribution in [3.05, 3.63) is 41.5 Å². The summed E-state index contributed by atoms with van der Waals surface area (Å²) >= 11 is 0. The second-order valence-corrected chi connectivity index (χ2v) is 4.71. The highest BCUT2D eigenvalue weighted by Crippen LogP contribution is 2.17. The molecular formula is C13H18N4O. The molecule has 1 aromatic heterocycles. The monoisotopic (exact) mass is 246 g/mol. The van der Waals surface area contributed by atoms with E-state index < -0.39 is 0 Å². The quantitative estimate of drug-likeness (QED) is 0.768. The van der Waals surface area contributed by atoms with E-state index in [9.17, 15) is 5.11 Å². The molecule has 96 valence electrons. The minimum atomic E-state index is -0.213. The van der Waals surface area contributed by atoms with Crippen LogP contribution >= 0.6 is 0 Å². The number of nitrogens with two attached hydrogens (primary N) is 1. The van der Waals surface area contributed by atoms with Crippen LogP contribution in [-0.4, -0.2) is 20.3 Å². The lowest BCUT2D eigenvalue weighted by atomic mass is 10.1. The van der Waals surface area contributed by atoms with Gasteiger partial charge in [0.05, 0.1) is 6.04 Å². The van der Waals surface area contributed by atoms with Gasteiger partial charge >= 0.3 is 0 Å². The highest BCUT2D eigenvalue weighted by atomic mass is 16.3. The Labute approximate surface area is 106 Å². The van der Waals surface area contributed by atoms with Crippen molar-refractivity contribution in [3.8, 4) is 5.75 Å². The van der Waals surface area contributed by atoms with Gasteiger partial charge in [-0.15, -0.1) is 0 Å². The molecule has 0 aliphatic heterocycles. The lowest BCUT2D eigenvalue weighted by Gasteiger charge is -2.08. The molecule has 0 saturated carbocycles. The average molecular weight is 246 g/mol. The zero-order valence-electron chi connectivity index (χ0n) is 10.6. The Hall–Kier alpha value is -1.88. The van der Waals surface area contributed by atoms with Crippen LogP contribution < -0.4 is 5.73 Å². The van der Waals surface area contributed by atoms with Crippen molar-refractivity contribution >= 4 is 0 Å². The third-order valence-corrected chi connectivity index (χ3v) is 2.78. The molecule has 0 radical (unpaired) electrons. The fraction of sp³-hybridized carbons (Fsp3) is 0.385. The Morgan fingerprint density at radius 1 is 1.28 bits per heavy atom. The van der Waals surface area contributed by atoms with Crippen molar-refractivity contribution in [3.63, 3.8) is 0 Å². The number of H-pyrrole nitrogens is 1. The van der Waals surface area contributed by atoms with Crippen molar-refractivity contribution in [2.24, 2.45) is 5.73 Å². The second kappa shape index (κ2) is 5.18. The fourth-order valence-electron chi connectivity index (χ4n) is 1.69. The van der Waals surface area contributed by atoms with Crippen molar-refractivity contribution in [1.82, 2.24) is 15.2 Å². The van der Waals surface area contributed by atoms with Gasteiger partial charge in [0.25, 0.3) is 0 Å². The molecule has 2 rings (SSSR count). The minimum Gasteiger partial charge on any atom is -0.508 e. The summed E-state index contributed by atoms with van der Waals surface area (Å²) in [5.74, 6) is 2.03. The molecule has 0 unspecified atom stereocenters. The van der Waals surface area contributed by atoms with Gasteiger partial charge in [0.15, 0.2) is 5.82 Å². The van der Waals surface area contributed by atoms with E-state index in [1.165, 1.54) is 0 Å². The lowest BCUT2D eigenvalue weighted by Crippen LogP contribution is -2.15. The molecule has 1 atom stereocenters. The van der Waals surface area contributed by atoms with Gasteiger partial charge in [-0.2, -0.15) is 5.10 Å². The second-order valence-electron chi connectivity index (χ2n) is 4.71. The van der Waals surface area contributed by atoms with Gasteiger partial charge in [0.1, 0.15) is 11.6 Å². The molecule has 1 aromatic carbocycles. The van der Waals surface area contributed by atoms with Gasteiger partial charge in [-0.1, -0.05) is 26.0 Å². The van der Waals surface area contributed by atoms with Crippen LogP contribution in [0.4, 0.5) is 0 Å². The highest BCUT2D eigenvalue weighted by Gasteiger charge is 2.13. The first-order valence-corrected chi connectivity index (χ1v) is 6.02. The van der Waals surface area contributed by atoms with Crippen LogP contribution in [-0.2, 0) is 6.42 Å². The van der Waals surface area contributed by atoms with Gasteiger partial charge in [-0.25, -0.2) is 4.98 Å². The van der Waals surface area contributed by atoms with Crippen LogP contribution in [0.5, 0.6) is 5.75 Å². The van der Waals surface area contributed by atoms with E-state index in [-0.39, 0.29) is 17.7 Å². The van der Waals surface area contributed by atoms with Crippen molar-refractivity contribution in [2.75, 3.05) is 0 Å². The Bertz CT molecular complexity index is 504. The first-order valence-electron chi connectivity index (χ1n) is 6.02. The molecular weight excluding hydrogens is 228 g/mol. The molecule has 1 heterocycles. The van der Waals surface area contributed by atoms with Gasteiger partial charge in [-0.05, 0) is 24.1 Å². The summed E-state index contributed by atoms with van der Waals surface area (Å²) in [5, 5.41) is 16.2. The van der Waals surface area contributed by atoms with E-state index in [0.29, 0.717) is 12.2 Å². The first-order chi connectivity index (χ1) is 8.56. The number of benzene rings is 1. The Kier molecular flexibility index (Phi) is 3.62. The van der Waals surface area contributed by atoms with E-state index >= 15 is 0 Å². The first kappa shape index (κ1) is 12.6. The standard InChI is InChI=1S/C13H18N4O/c1-8(2)12-15-13(17-16-12)11(14)7-9-3-5-10(18)6-4-9/h3-6,8,11,18H,7,14H2,1-2H3,(H,15,16,17)/t11-/m0/s1. The van der Waals surface area contributed by atoms with E-state index in [1.807, 2.05) is 26.0 Å². The Morgan fingerprint density at radius 2 is 1.94 bits per heavy atom. The molecule has 5 heteroatoms. The van der Waals surface area contributed by atoms with Crippen molar-refractivity contribution < 1.29 is 5.11 Å². The Morgan fingerprint density at radius 3 is 2.50 bits per heavy atom. The van der Waals surface area contributed by atoms with Gasteiger partial charge in [0, 0.05) is 5.92 Å². The van der Waals surface area contributed by atoms with E-state index in [1.54, 1.807) is 12.1 Å². The summed E-state index contributed by atoms with van der Waals surface area (Å²) in [6, 6.07) is 6.81. The number of rotatable bonds is 4. The molecule has 0 aliphatic carbocycles. The summed E-state index contributed by atoms with van der Waals surface area (Å²) in [7, 11) is 0. The molecule has 0 spiro atoms. The van der Waals surface area contributed by atoms with Gasteiger partial charge in [0.2, 0.25) is 0 Å². The third-order valence-electron chi connectivity index (χ3n) is 2.78. The van der Waals surface area contributed by atoms with Crippen LogP contribution in [0.15, 0.2) is 24.3 Å². The Balaban J connectivity index is 2.06. The molecule has 4 N–H and O–H groups in total. The number of hydrogen-bond acceptors (Lipinski definition) is 4. The molecule has 0 aliphatic rings. The van der Waals surface area contributed by atoms with Gasteiger partial charge in [-0.3, -0.25) is 5.10 Å². The van der Waals surface area contributed by atoms with Crippen LogP contribution in [0.3, 0.4) is 0 Å². The topological polar surface area (TPSA) is 87.8 Å². The summed E-state index contributed by atoms with van der Waals surface area (Å²) in [6.45, 7) is 4.08. The van der Waals surface area contributed by atoms with Crippen LogP contribution in [0.25, 0.3) is 0 Å². The average Bonchev–Trinajstić information content (AvgIpc) is 2.81. The number of aromatic hydroxyl groups is 1. The SMILES string of the molecule is CC(C)c1n[nH]c([C@@H](N)Cc2ccc(O)cc2)n1. The largest absolute Gasteiger partial charge is 0.508 e. The number of phenolic OH excluding ortho intramolecular Hbond substituents is 1. The minimum absolute atomic E-state index is 0.213. The molecule has 2 aromatic rings. The number of nitrogens with zero attached hydrogens (tertiary/aromatic N) is 2. The summed E-state index contributed by atoms with van der Waals surface area (Å²) in [6.07, 6.45) is 0.660. The summed E-state index contributed by atoms with van der Waals surface area (Å²) < 4.78 is 0. The van der Waals surface area contributed by atoms with Crippen LogP contribution in [0.2, 0.25) is 0 Å². The molecule has 18 heavy (non-hydrogen) atoms. The molecule has 0 saturated heterocycles. The van der Waals surface area contributed by atoms with E-state index in [2.05, 4.69) is 15.2 Å². The molecule has 5 nitrogen and oxygen atoms in total. The number of nitrogens with one attached hydrogen (secondary N) is 1. The molecule has 0 bridgehead atoms. The fourth-order valence-corrected chi connectivity index (χ4v) is 1.69. The van der Waals surface area contributed by atoms with E-state index in [0.717, 1.165) is 11.4 Å². The van der Waals surface area contributed by atoms with Crippen molar-refractivity contribution in [2.45, 2.75) is 32.2 Å². The third kappa shape index (κ3) is 2.87. The van der Waals surface area contributed by atoms with Crippen LogP contribution in [0.1, 0.15) is 43.0 Å². The number of aromatic nitrogens is 3. The predicted molar refractivity (Wildman–Crippen MR) is 69.2 cm³/mol. The van der Waals surface area contributed by atoms with Crippen molar-refractivity contribution in [1.29, 1.82) is 0 Å². The number of aromatic amines is 1. The smallest absolute Gasteiger partial charge is 0.153 e. The van der Waals surface area contributed by atoms with Gasteiger partial charge < -0.3 is 10.8 Å².